The Labute approximate surface area is 129 Å². The first-order chi connectivity index (χ1) is 10.0. The zero-order valence-corrected chi connectivity index (χ0v) is 13.0. The molecule has 0 saturated carbocycles. The van der Waals surface area contributed by atoms with Crippen LogP contribution in [0.25, 0.3) is 0 Å². The first-order valence-corrected chi connectivity index (χ1v) is 7.46. The van der Waals surface area contributed by atoms with Gasteiger partial charge in [-0.25, -0.2) is 0 Å². The van der Waals surface area contributed by atoms with E-state index in [-0.39, 0.29) is 0 Å². The van der Waals surface area contributed by atoms with Gasteiger partial charge in [0.2, 0.25) is 0 Å². The molecule has 0 radical (unpaired) electrons. The lowest BCUT2D eigenvalue weighted by Gasteiger charge is -2.13. The van der Waals surface area contributed by atoms with Gasteiger partial charge in [-0.2, -0.15) is 5.10 Å². The molecule has 0 bridgehead atoms. The number of carbonyl (C=O) groups is 1. The third-order valence-corrected chi connectivity index (χ3v) is 3.81. The van der Waals surface area contributed by atoms with Crippen LogP contribution in [0.4, 0.5) is 0 Å². The Morgan fingerprint density at radius 2 is 2.00 bits per heavy atom. The summed E-state index contributed by atoms with van der Waals surface area (Å²) in [6.07, 6.45) is 1.27. The second-order valence-electron chi connectivity index (χ2n) is 4.94. The molecule has 0 amide bonds. The number of nitrogens with zero attached hydrogens (tertiary/aromatic N) is 2. The maximum absolute atomic E-state index is 11.6. The zero-order chi connectivity index (χ0) is 15.4. The fraction of sp³-hybridized carbons (Fsp3) is 0.375. The molecule has 1 N–H and O–H groups in total. The van der Waals surface area contributed by atoms with Gasteiger partial charge in [0.05, 0.1) is 11.6 Å². The highest BCUT2D eigenvalue weighted by Gasteiger charge is 2.22. The summed E-state index contributed by atoms with van der Waals surface area (Å²) in [5.41, 5.74) is 2.71. The lowest BCUT2D eigenvalue weighted by atomic mass is 9.94. The first-order valence-electron chi connectivity index (χ1n) is 7.09. The molecule has 21 heavy (non-hydrogen) atoms. The van der Waals surface area contributed by atoms with Gasteiger partial charge >= 0.3 is 5.97 Å². The van der Waals surface area contributed by atoms with E-state index in [4.69, 9.17) is 11.6 Å². The molecule has 4 nitrogen and oxygen atoms in total. The number of hydrogen-bond acceptors (Lipinski definition) is 2. The molecular formula is C16H19ClN2O2. The molecule has 2 rings (SSSR count). The molecule has 2 aromatic rings. The maximum atomic E-state index is 11.6. The largest absolute Gasteiger partial charge is 0.481 e. The molecule has 1 unspecified atom stereocenters. The minimum Gasteiger partial charge on any atom is -0.481 e. The van der Waals surface area contributed by atoms with Crippen molar-refractivity contribution in [3.05, 3.63) is 52.3 Å². The van der Waals surface area contributed by atoms with Crippen molar-refractivity contribution in [1.82, 2.24) is 9.78 Å². The molecule has 0 aliphatic rings. The Kier molecular flexibility index (Phi) is 5.02. The molecule has 0 aliphatic heterocycles. The van der Waals surface area contributed by atoms with E-state index in [0.29, 0.717) is 11.4 Å². The molecule has 0 aliphatic carbocycles. The van der Waals surface area contributed by atoms with Crippen LogP contribution in [0.3, 0.4) is 0 Å². The average Bonchev–Trinajstić information content (AvgIpc) is 2.88. The van der Waals surface area contributed by atoms with Crippen molar-refractivity contribution in [3.63, 3.8) is 0 Å². The predicted molar refractivity (Wildman–Crippen MR) is 82.8 cm³/mol. The van der Waals surface area contributed by atoms with Gasteiger partial charge in [0.1, 0.15) is 0 Å². The number of benzene rings is 1. The van der Waals surface area contributed by atoms with Gasteiger partial charge in [-0.05, 0) is 37.1 Å². The summed E-state index contributed by atoms with van der Waals surface area (Å²) in [6.45, 7) is 4.79. The van der Waals surface area contributed by atoms with E-state index >= 15 is 0 Å². The second kappa shape index (κ2) is 6.76. The van der Waals surface area contributed by atoms with E-state index in [1.54, 1.807) is 24.3 Å². The number of hydrogen-bond donors (Lipinski definition) is 1. The minimum atomic E-state index is -0.834. The van der Waals surface area contributed by atoms with Gasteiger partial charge in [-0.3, -0.25) is 9.48 Å². The normalized spacial score (nSPS) is 12.3. The zero-order valence-electron chi connectivity index (χ0n) is 12.2. The molecule has 1 heterocycles. The molecule has 112 valence electrons. The van der Waals surface area contributed by atoms with Crippen LogP contribution in [-0.4, -0.2) is 20.9 Å². The van der Waals surface area contributed by atoms with Crippen molar-refractivity contribution in [2.45, 2.75) is 39.2 Å². The van der Waals surface area contributed by atoms with Gasteiger partial charge in [0.15, 0.2) is 0 Å². The minimum absolute atomic E-state index is 0.428. The Hall–Kier alpha value is -1.81. The topological polar surface area (TPSA) is 55.1 Å². The molecular weight excluding hydrogens is 288 g/mol. The van der Waals surface area contributed by atoms with Crippen LogP contribution in [0.2, 0.25) is 5.02 Å². The summed E-state index contributed by atoms with van der Waals surface area (Å²) in [4.78, 5) is 11.6. The highest BCUT2D eigenvalue weighted by atomic mass is 35.5. The Morgan fingerprint density at radius 3 is 2.52 bits per heavy atom. The molecule has 0 saturated heterocycles. The fourth-order valence-electron chi connectivity index (χ4n) is 2.38. The highest BCUT2D eigenvalue weighted by molar-refractivity contribution is 6.30. The quantitative estimate of drug-likeness (QED) is 0.888. The van der Waals surface area contributed by atoms with E-state index in [0.717, 1.165) is 29.9 Å². The van der Waals surface area contributed by atoms with Crippen LogP contribution in [0, 0.1) is 0 Å². The summed E-state index contributed by atoms with van der Waals surface area (Å²) in [5, 5.41) is 14.6. The van der Waals surface area contributed by atoms with Gasteiger partial charge in [-0.15, -0.1) is 0 Å². The summed E-state index contributed by atoms with van der Waals surface area (Å²) in [7, 11) is 0. The smallest absolute Gasteiger partial charge is 0.311 e. The summed E-state index contributed by atoms with van der Waals surface area (Å²) < 4.78 is 1.88. The van der Waals surface area contributed by atoms with E-state index in [9.17, 15) is 9.90 Å². The van der Waals surface area contributed by atoms with Crippen molar-refractivity contribution < 1.29 is 9.90 Å². The Balaban J connectivity index is 2.30. The number of aryl methyl sites for hydroxylation is 2. The van der Waals surface area contributed by atoms with Crippen molar-refractivity contribution in [2.24, 2.45) is 0 Å². The van der Waals surface area contributed by atoms with Crippen molar-refractivity contribution in [2.75, 3.05) is 0 Å². The van der Waals surface area contributed by atoms with E-state index < -0.39 is 11.9 Å². The SMILES string of the molecule is CCc1cc(CC(C(=O)O)c2ccc(Cl)cc2)n(CC)n1. The number of carboxylic acid groups (broad SMARTS) is 1. The van der Waals surface area contributed by atoms with Crippen LogP contribution in [0.1, 0.15) is 36.7 Å². The number of halogens is 1. The monoisotopic (exact) mass is 306 g/mol. The molecule has 0 spiro atoms. The number of aliphatic carboxylic acids is 1. The standard InChI is InChI=1S/C16H19ClN2O2/c1-3-13-9-14(19(4-2)18-13)10-15(16(20)21)11-5-7-12(17)8-6-11/h5-9,15H,3-4,10H2,1-2H3,(H,20,21). The summed E-state index contributed by atoms with van der Waals surface area (Å²) >= 11 is 5.86. The number of carboxylic acids is 1. The Bertz CT molecular complexity index is 620. The van der Waals surface area contributed by atoms with Crippen molar-refractivity contribution >= 4 is 17.6 Å². The van der Waals surface area contributed by atoms with Gasteiger partial charge < -0.3 is 5.11 Å². The average molecular weight is 307 g/mol. The number of rotatable bonds is 6. The lowest BCUT2D eigenvalue weighted by molar-refractivity contribution is -0.138. The van der Waals surface area contributed by atoms with Gasteiger partial charge in [-0.1, -0.05) is 30.7 Å². The predicted octanol–water partition coefficient (Wildman–Crippen LogP) is 3.53. The van der Waals surface area contributed by atoms with Crippen LogP contribution >= 0.6 is 11.6 Å². The Morgan fingerprint density at radius 1 is 1.33 bits per heavy atom. The molecule has 5 heteroatoms. The highest BCUT2D eigenvalue weighted by Crippen LogP contribution is 2.23. The van der Waals surface area contributed by atoms with E-state index in [1.807, 2.05) is 24.6 Å². The maximum Gasteiger partial charge on any atom is 0.311 e. The van der Waals surface area contributed by atoms with Crippen LogP contribution in [-0.2, 0) is 24.2 Å². The fourth-order valence-corrected chi connectivity index (χ4v) is 2.50. The molecule has 1 aromatic heterocycles. The summed E-state index contributed by atoms with van der Waals surface area (Å²) in [6, 6.07) is 8.99. The lowest BCUT2D eigenvalue weighted by Crippen LogP contribution is -2.16. The molecule has 0 fully saturated rings. The van der Waals surface area contributed by atoms with Crippen LogP contribution < -0.4 is 0 Å². The number of aromatic nitrogens is 2. The van der Waals surface area contributed by atoms with Crippen LogP contribution in [0.15, 0.2) is 30.3 Å². The summed E-state index contributed by atoms with van der Waals surface area (Å²) in [5.74, 6) is -1.42. The van der Waals surface area contributed by atoms with E-state index in [2.05, 4.69) is 5.10 Å². The third-order valence-electron chi connectivity index (χ3n) is 3.56. The third kappa shape index (κ3) is 3.64. The van der Waals surface area contributed by atoms with Crippen molar-refractivity contribution in [3.8, 4) is 0 Å². The van der Waals surface area contributed by atoms with Gasteiger partial charge in [0.25, 0.3) is 0 Å². The van der Waals surface area contributed by atoms with Crippen molar-refractivity contribution in [1.29, 1.82) is 0 Å². The second-order valence-corrected chi connectivity index (χ2v) is 5.38. The molecule has 1 atom stereocenters. The molecule has 1 aromatic carbocycles. The van der Waals surface area contributed by atoms with E-state index in [1.165, 1.54) is 0 Å². The van der Waals surface area contributed by atoms with Gasteiger partial charge in [0, 0.05) is 23.7 Å². The van der Waals surface area contributed by atoms with Crippen LogP contribution in [0.5, 0.6) is 0 Å². The first kappa shape index (κ1) is 15.6.